The molecule has 7 nitrogen and oxygen atoms in total. The predicted octanol–water partition coefficient (Wildman–Crippen LogP) is 3.80. The van der Waals surface area contributed by atoms with E-state index in [4.69, 9.17) is 4.74 Å². The van der Waals surface area contributed by atoms with Crippen molar-refractivity contribution in [3.63, 3.8) is 0 Å². The number of methoxy groups -OCH3 is 1. The molecule has 4 aliphatic rings. The average Bonchev–Trinajstić information content (AvgIpc) is 3.19. The summed E-state index contributed by atoms with van der Waals surface area (Å²) in [5, 5.41) is 47.2. The van der Waals surface area contributed by atoms with Crippen molar-refractivity contribution in [3.05, 3.63) is 11.6 Å². The van der Waals surface area contributed by atoms with Crippen LogP contribution in [0.2, 0.25) is 0 Å². The minimum atomic E-state index is -2.09. The van der Waals surface area contributed by atoms with Crippen LogP contribution in [0.4, 0.5) is 0 Å². The summed E-state index contributed by atoms with van der Waals surface area (Å²) in [5.74, 6) is -1.63. The number of ketones is 1. The number of carbonyl (C=O) groups excluding carboxylic acids is 2. The number of carbonyl (C=O) groups is 2. The first-order valence-electron chi connectivity index (χ1n) is 14.3. The molecule has 38 heavy (non-hydrogen) atoms. The van der Waals surface area contributed by atoms with Gasteiger partial charge in [-0.15, -0.1) is 0 Å². The smallest absolute Gasteiger partial charge is 0.341 e. The number of rotatable bonds is 5. The molecule has 0 heterocycles. The van der Waals surface area contributed by atoms with Gasteiger partial charge in [0.25, 0.3) is 0 Å². The quantitative estimate of drug-likeness (QED) is 0.312. The van der Waals surface area contributed by atoms with Gasteiger partial charge in [-0.25, -0.2) is 4.79 Å². The van der Waals surface area contributed by atoms with Crippen LogP contribution in [0.5, 0.6) is 0 Å². The molecule has 0 saturated heterocycles. The van der Waals surface area contributed by atoms with E-state index in [0.717, 1.165) is 24.8 Å². The number of aliphatic hydroxyl groups is 4. The first-order chi connectivity index (χ1) is 17.3. The molecule has 0 spiro atoms. The lowest BCUT2D eigenvalue weighted by Gasteiger charge is -2.67. The van der Waals surface area contributed by atoms with Crippen molar-refractivity contribution >= 4 is 11.8 Å². The number of ether oxygens (including phenoxy) is 1. The fourth-order valence-corrected chi connectivity index (χ4v) is 10.8. The number of hydrogen-bond acceptors (Lipinski definition) is 7. The van der Waals surface area contributed by atoms with Gasteiger partial charge in [0.1, 0.15) is 6.10 Å². The number of hydrogen-bond donors (Lipinski definition) is 4. The van der Waals surface area contributed by atoms with Crippen LogP contribution in [0.1, 0.15) is 93.9 Å². The Morgan fingerprint density at radius 3 is 2.16 bits per heavy atom. The van der Waals surface area contributed by atoms with Crippen LogP contribution in [0.3, 0.4) is 0 Å². The molecule has 4 aliphatic carbocycles. The summed E-state index contributed by atoms with van der Waals surface area (Å²) in [4.78, 5) is 25.6. The molecule has 0 amide bonds. The van der Waals surface area contributed by atoms with E-state index in [-0.39, 0.29) is 41.3 Å². The van der Waals surface area contributed by atoms with Gasteiger partial charge in [-0.1, -0.05) is 40.2 Å². The Hall–Kier alpha value is -1.28. The van der Waals surface area contributed by atoms with Crippen LogP contribution in [-0.4, -0.2) is 62.7 Å². The van der Waals surface area contributed by atoms with E-state index in [2.05, 4.69) is 13.8 Å². The van der Waals surface area contributed by atoms with Crippen molar-refractivity contribution in [2.75, 3.05) is 7.11 Å². The monoisotopic (exact) mass is 534 g/mol. The van der Waals surface area contributed by atoms with Crippen molar-refractivity contribution in [1.29, 1.82) is 0 Å². The molecule has 0 aromatic rings. The number of fused-ring (bicyclic) bond motifs is 5. The van der Waals surface area contributed by atoms with Gasteiger partial charge in [0.05, 0.1) is 18.8 Å². The maximum absolute atomic E-state index is 13.0. The van der Waals surface area contributed by atoms with Crippen LogP contribution >= 0.6 is 0 Å². The van der Waals surface area contributed by atoms with Crippen LogP contribution in [0.15, 0.2) is 11.6 Å². The lowest BCUT2D eigenvalue weighted by Crippen LogP contribution is -2.66. The van der Waals surface area contributed by atoms with E-state index >= 15 is 0 Å². The second kappa shape index (κ2) is 8.86. The highest BCUT2D eigenvalue weighted by molar-refractivity contribution is 5.90. The normalized spacial score (nSPS) is 48.8. The molecule has 0 aromatic heterocycles. The minimum Gasteiger partial charge on any atom is -0.467 e. The third-order valence-electron chi connectivity index (χ3n) is 12.6. The Bertz CT molecular complexity index is 1030. The average molecular weight is 535 g/mol. The third kappa shape index (κ3) is 3.53. The molecule has 11 unspecified atom stereocenters. The van der Waals surface area contributed by atoms with Crippen molar-refractivity contribution in [2.45, 2.75) is 117 Å². The number of allylic oxidation sites excluding steroid dienone is 2. The maximum atomic E-state index is 13.0. The molecule has 0 bridgehead atoms. The first kappa shape index (κ1) is 29.7. The van der Waals surface area contributed by atoms with Gasteiger partial charge < -0.3 is 25.2 Å². The van der Waals surface area contributed by atoms with E-state index in [9.17, 15) is 30.0 Å². The fraction of sp³-hybridized carbons (Fsp3) is 0.871. The highest BCUT2D eigenvalue weighted by atomic mass is 16.5. The summed E-state index contributed by atoms with van der Waals surface area (Å²) >= 11 is 0. The van der Waals surface area contributed by atoms with E-state index < -0.39 is 45.6 Å². The third-order valence-corrected chi connectivity index (χ3v) is 12.6. The zero-order valence-electron chi connectivity index (χ0n) is 24.8. The molecule has 4 N–H and O–H groups in total. The number of esters is 1. The lowest BCUT2D eigenvalue weighted by atomic mass is 9.38. The van der Waals surface area contributed by atoms with Crippen LogP contribution in [-0.2, 0) is 14.3 Å². The SMILES string of the molecule is COC(=O)C1(O)C(O)C2(C)C(CCC3(C)C2C(O)CC2C(C(C)(O)CC(=O)C=C(C)C)CCC23C)C1(C)C. The molecule has 4 saturated carbocycles. The van der Waals surface area contributed by atoms with Gasteiger partial charge in [0.2, 0.25) is 0 Å². The van der Waals surface area contributed by atoms with Gasteiger partial charge >= 0.3 is 5.97 Å². The molecular formula is C31H50O7. The van der Waals surface area contributed by atoms with Crippen LogP contribution in [0.25, 0.3) is 0 Å². The van der Waals surface area contributed by atoms with Crippen molar-refractivity contribution in [2.24, 2.45) is 45.3 Å². The van der Waals surface area contributed by atoms with E-state index in [1.807, 2.05) is 34.6 Å². The van der Waals surface area contributed by atoms with Gasteiger partial charge in [-0.05, 0) is 93.5 Å². The van der Waals surface area contributed by atoms with E-state index in [1.165, 1.54) is 7.11 Å². The van der Waals surface area contributed by atoms with Crippen LogP contribution in [0, 0.1) is 45.3 Å². The largest absolute Gasteiger partial charge is 0.467 e. The van der Waals surface area contributed by atoms with Gasteiger partial charge in [-0.2, -0.15) is 0 Å². The first-order valence-corrected chi connectivity index (χ1v) is 14.3. The summed E-state index contributed by atoms with van der Waals surface area (Å²) in [6.07, 6.45) is 2.96. The second-order valence-corrected chi connectivity index (χ2v) is 14.9. The molecular weight excluding hydrogens is 484 g/mol. The zero-order chi connectivity index (χ0) is 28.9. The molecule has 0 aliphatic heterocycles. The summed E-state index contributed by atoms with van der Waals surface area (Å²) in [6.45, 7) is 15.6. The Morgan fingerprint density at radius 1 is 1.03 bits per heavy atom. The van der Waals surface area contributed by atoms with Gasteiger partial charge in [-0.3, -0.25) is 4.79 Å². The molecule has 11 atom stereocenters. The Labute approximate surface area is 228 Å². The standard InChI is InChI=1S/C31H50O7/c1-17(2)14-18(32)16-29(7,36)19-10-12-27(5)20(19)15-21(33)23-28(27,6)13-11-22-26(3,4)31(37,25(35)38-9)24(34)30(22,23)8/h14,19-24,33-34,36-37H,10-13,15-16H2,1-9H3. The predicted molar refractivity (Wildman–Crippen MR) is 144 cm³/mol. The lowest BCUT2D eigenvalue weighted by molar-refractivity contribution is -0.241. The molecule has 216 valence electrons. The highest BCUT2D eigenvalue weighted by Crippen LogP contribution is 2.77. The summed E-state index contributed by atoms with van der Waals surface area (Å²) in [6, 6.07) is 0. The molecule has 4 rings (SSSR count). The van der Waals surface area contributed by atoms with E-state index in [1.54, 1.807) is 13.0 Å². The summed E-state index contributed by atoms with van der Waals surface area (Å²) < 4.78 is 5.01. The number of aliphatic hydroxyl groups excluding tert-OH is 2. The van der Waals surface area contributed by atoms with E-state index in [0.29, 0.717) is 12.8 Å². The molecule has 0 radical (unpaired) electrons. The molecule has 7 heteroatoms. The minimum absolute atomic E-state index is 0.000509. The summed E-state index contributed by atoms with van der Waals surface area (Å²) in [5.41, 5.74) is -4.93. The van der Waals surface area contributed by atoms with Crippen molar-refractivity contribution in [1.82, 2.24) is 0 Å². The van der Waals surface area contributed by atoms with Gasteiger partial charge in [0.15, 0.2) is 11.4 Å². The fourth-order valence-electron chi connectivity index (χ4n) is 10.8. The van der Waals surface area contributed by atoms with Crippen molar-refractivity contribution in [3.8, 4) is 0 Å². The topological polar surface area (TPSA) is 124 Å². The highest BCUT2D eigenvalue weighted by Gasteiger charge is 2.80. The van der Waals surface area contributed by atoms with Crippen molar-refractivity contribution < 1.29 is 34.8 Å². The molecule has 4 fully saturated rings. The van der Waals surface area contributed by atoms with Crippen LogP contribution < -0.4 is 0 Å². The Balaban J connectivity index is 1.75. The second-order valence-electron chi connectivity index (χ2n) is 14.9. The maximum Gasteiger partial charge on any atom is 0.341 e. The Kier molecular flexibility index (Phi) is 6.92. The Morgan fingerprint density at radius 2 is 1.61 bits per heavy atom. The molecule has 0 aromatic carbocycles. The van der Waals surface area contributed by atoms with Gasteiger partial charge in [0, 0.05) is 17.3 Å². The summed E-state index contributed by atoms with van der Waals surface area (Å²) in [7, 11) is 1.23. The zero-order valence-corrected chi connectivity index (χ0v) is 24.8.